The van der Waals surface area contributed by atoms with Crippen molar-refractivity contribution >= 4 is 0 Å². The Bertz CT molecular complexity index is 138. The fraction of sp³-hybridized carbons (Fsp3) is 0.500. The standard InChI is InChI=1S/C8H13N.H2/c1-9-7-8-5-3-2-4-6-8;/h3,5-6,9H,2,4,7H2,1H3;1H. The van der Waals surface area contributed by atoms with Crippen LogP contribution in [-0.4, -0.2) is 13.6 Å². The number of hydrogen-bond donors (Lipinski definition) is 1. The van der Waals surface area contributed by atoms with E-state index in [9.17, 15) is 0 Å². The van der Waals surface area contributed by atoms with Gasteiger partial charge in [0, 0.05) is 7.97 Å². The summed E-state index contributed by atoms with van der Waals surface area (Å²) in [5, 5.41) is 3.12. The molecular weight excluding hydrogens is 110 g/mol. The van der Waals surface area contributed by atoms with Crippen molar-refractivity contribution in [2.45, 2.75) is 12.8 Å². The van der Waals surface area contributed by atoms with E-state index in [1.165, 1.54) is 18.4 Å². The first-order valence-electron chi connectivity index (χ1n) is 3.43. The highest BCUT2D eigenvalue weighted by atomic mass is 14.8. The van der Waals surface area contributed by atoms with Gasteiger partial charge in [-0.2, -0.15) is 0 Å². The number of rotatable bonds is 2. The molecule has 0 aromatic rings. The highest BCUT2D eigenvalue weighted by molar-refractivity contribution is 5.23. The molecule has 0 atom stereocenters. The molecule has 0 spiro atoms. The van der Waals surface area contributed by atoms with Gasteiger partial charge in [-0.05, 0) is 25.5 Å². The molecule has 1 rings (SSSR count). The highest BCUT2D eigenvalue weighted by Crippen LogP contribution is 2.07. The highest BCUT2D eigenvalue weighted by Gasteiger charge is 1.93. The first-order chi connectivity index (χ1) is 4.43. The average molecular weight is 125 g/mol. The van der Waals surface area contributed by atoms with Gasteiger partial charge in [0.1, 0.15) is 0 Å². The third kappa shape index (κ3) is 2.02. The SMILES string of the molecule is CNCC1=CCCC=C1.[HH]. The van der Waals surface area contributed by atoms with Crippen LogP contribution >= 0.6 is 0 Å². The van der Waals surface area contributed by atoms with Crippen LogP contribution < -0.4 is 5.32 Å². The molecule has 0 aromatic carbocycles. The molecular formula is C8H15N. The monoisotopic (exact) mass is 125 g/mol. The molecule has 52 valence electrons. The number of hydrogen-bond acceptors (Lipinski definition) is 1. The lowest BCUT2D eigenvalue weighted by atomic mass is 10.1. The van der Waals surface area contributed by atoms with E-state index in [-0.39, 0.29) is 1.43 Å². The van der Waals surface area contributed by atoms with Crippen LogP contribution in [0.15, 0.2) is 23.8 Å². The van der Waals surface area contributed by atoms with Crippen LogP contribution in [0.4, 0.5) is 0 Å². The van der Waals surface area contributed by atoms with E-state index in [1.807, 2.05) is 7.05 Å². The molecule has 1 nitrogen and oxygen atoms in total. The zero-order valence-corrected chi connectivity index (χ0v) is 5.85. The van der Waals surface area contributed by atoms with Crippen LogP contribution in [0.2, 0.25) is 0 Å². The summed E-state index contributed by atoms with van der Waals surface area (Å²) in [6.07, 6.45) is 9.14. The van der Waals surface area contributed by atoms with Crippen molar-refractivity contribution in [2.75, 3.05) is 13.6 Å². The van der Waals surface area contributed by atoms with Crippen LogP contribution in [0.1, 0.15) is 14.3 Å². The van der Waals surface area contributed by atoms with E-state index in [2.05, 4.69) is 23.5 Å². The largest absolute Gasteiger partial charge is 0.316 e. The van der Waals surface area contributed by atoms with E-state index in [4.69, 9.17) is 0 Å². The maximum absolute atomic E-state index is 3.12. The Morgan fingerprint density at radius 1 is 1.67 bits per heavy atom. The van der Waals surface area contributed by atoms with Crippen LogP contribution in [0.5, 0.6) is 0 Å². The van der Waals surface area contributed by atoms with Gasteiger partial charge in [-0.1, -0.05) is 18.2 Å². The minimum atomic E-state index is 0. The summed E-state index contributed by atoms with van der Waals surface area (Å²) in [6, 6.07) is 0. The molecule has 0 radical (unpaired) electrons. The molecule has 0 aromatic heterocycles. The fourth-order valence-electron chi connectivity index (χ4n) is 1.00. The Morgan fingerprint density at radius 3 is 3.11 bits per heavy atom. The van der Waals surface area contributed by atoms with Gasteiger partial charge in [0.2, 0.25) is 0 Å². The molecule has 0 saturated heterocycles. The van der Waals surface area contributed by atoms with E-state index in [0.717, 1.165) is 6.54 Å². The third-order valence-corrected chi connectivity index (χ3v) is 1.45. The fourth-order valence-corrected chi connectivity index (χ4v) is 1.00. The van der Waals surface area contributed by atoms with Crippen LogP contribution in [0.3, 0.4) is 0 Å². The van der Waals surface area contributed by atoms with Crippen molar-refractivity contribution in [3.05, 3.63) is 23.8 Å². The zero-order chi connectivity index (χ0) is 6.53. The first-order valence-corrected chi connectivity index (χ1v) is 3.43. The van der Waals surface area contributed by atoms with Gasteiger partial charge >= 0.3 is 0 Å². The van der Waals surface area contributed by atoms with E-state index in [0.29, 0.717) is 0 Å². The second kappa shape index (κ2) is 3.46. The van der Waals surface area contributed by atoms with Crippen molar-refractivity contribution in [1.29, 1.82) is 0 Å². The van der Waals surface area contributed by atoms with Crippen molar-refractivity contribution < 1.29 is 1.43 Å². The third-order valence-electron chi connectivity index (χ3n) is 1.45. The van der Waals surface area contributed by atoms with E-state index >= 15 is 0 Å². The lowest BCUT2D eigenvalue weighted by Crippen LogP contribution is -2.09. The van der Waals surface area contributed by atoms with Crippen molar-refractivity contribution in [1.82, 2.24) is 5.32 Å². The molecule has 1 aliphatic rings. The molecule has 1 N–H and O–H groups in total. The molecule has 0 fully saturated rings. The second-order valence-electron chi connectivity index (χ2n) is 2.29. The van der Waals surface area contributed by atoms with Gasteiger partial charge in [0.15, 0.2) is 0 Å². The first kappa shape index (κ1) is 6.56. The summed E-state index contributed by atoms with van der Waals surface area (Å²) in [5.41, 5.74) is 1.42. The number of likely N-dealkylation sites (N-methyl/N-ethyl adjacent to an activating group) is 1. The molecule has 1 heteroatoms. The van der Waals surface area contributed by atoms with Gasteiger partial charge in [-0.3, -0.25) is 0 Å². The molecule has 9 heavy (non-hydrogen) atoms. The van der Waals surface area contributed by atoms with E-state index < -0.39 is 0 Å². The topological polar surface area (TPSA) is 12.0 Å². The van der Waals surface area contributed by atoms with E-state index in [1.54, 1.807) is 0 Å². The van der Waals surface area contributed by atoms with Crippen LogP contribution in [0, 0.1) is 0 Å². The van der Waals surface area contributed by atoms with Gasteiger partial charge in [-0.25, -0.2) is 0 Å². The zero-order valence-electron chi connectivity index (χ0n) is 5.85. The van der Waals surface area contributed by atoms with Gasteiger partial charge in [0.25, 0.3) is 0 Å². The Balaban J connectivity index is 0.000000810. The summed E-state index contributed by atoms with van der Waals surface area (Å²) in [4.78, 5) is 0. The smallest absolute Gasteiger partial charge is 0.0199 e. The predicted molar refractivity (Wildman–Crippen MR) is 42.5 cm³/mol. The lowest BCUT2D eigenvalue weighted by molar-refractivity contribution is 0.874. The summed E-state index contributed by atoms with van der Waals surface area (Å²) >= 11 is 0. The molecule has 0 heterocycles. The van der Waals surface area contributed by atoms with Crippen molar-refractivity contribution in [2.24, 2.45) is 0 Å². The summed E-state index contributed by atoms with van der Waals surface area (Å²) < 4.78 is 0. The molecule has 0 amide bonds. The maximum atomic E-state index is 3.12. The minimum absolute atomic E-state index is 0. The van der Waals surface area contributed by atoms with Gasteiger partial charge in [0.05, 0.1) is 0 Å². The summed E-state index contributed by atoms with van der Waals surface area (Å²) in [6.45, 7) is 1.01. The lowest BCUT2D eigenvalue weighted by Gasteiger charge is -2.04. The Kier molecular flexibility index (Phi) is 2.52. The van der Waals surface area contributed by atoms with Gasteiger partial charge < -0.3 is 5.32 Å². The van der Waals surface area contributed by atoms with Crippen molar-refractivity contribution in [3.8, 4) is 0 Å². The number of nitrogens with one attached hydrogen (secondary N) is 1. The Morgan fingerprint density at radius 2 is 2.56 bits per heavy atom. The molecule has 1 aliphatic carbocycles. The normalized spacial score (nSPS) is 17.7. The molecule has 0 unspecified atom stereocenters. The molecule has 0 aliphatic heterocycles. The van der Waals surface area contributed by atoms with Gasteiger partial charge in [-0.15, -0.1) is 0 Å². The Labute approximate surface area is 57.9 Å². The molecule has 0 saturated carbocycles. The maximum Gasteiger partial charge on any atom is 0.0199 e. The quantitative estimate of drug-likeness (QED) is 0.592. The number of allylic oxidation sites excluding steroid dienone is 2. The average Bonchev–Trinajstić information content (AvgIpc) is 1.91. The Hall–Kier alpha value is -0.560. The van der Waals surface area contributed by atoms with Crippen LogP contribution in [-0.2, 0) is 0 Å². The molecule has 0 bridgehead atoms. The second-order valence-corrected chi connectivity index (χ2v) is 2.29. The van der Waals surface area contributed by atoms with Crippen molar-refractivity contribution in [3.63, 3.8) is 0 Å². The summed E-state index contributed by atoms with van der Waals surface area (Å²) in [5.74, 6) is 0. The summed E-state index contributed by atoms with van der Waals surface area (Å²) in [7, 11) is 1.98. The predicted octanol–water partition coefficient (Wildman–Crippen LogP) is 1.73. The van der Waals surface area contributed by atoms with Crippen LogP contribution in [0.25, 0.3) is 0 Å². The minimum Gasteiger partial charge on any atom is -0.316 e.